The number of nitrogens with two attached hydrogens (primary N) is 1. The summed E-state index contributed by atoms with van der Waals surface area (Å²) in [5, 5.41) is 0. The van der Waals surface area contributed by atoms with Crippen molar-refractivity contribution < 1.29 is 31.7 Å². The maximum Gasteiger partial charge on any atom is 0.339 e. The minimum absolute atomic E-state index is 0.0128. The maximum atomic E-state index is 13.2. The van der Waals surface area contributed by atoms with Crippen molar-refractivity contribution in [3.8, 4) is 16.9 Å². The SMILES string of the molecule is CCOC(=O)C(c1ccc(OS(=O)(=O)c2ccc(C)cc2)cc1)C(N)C(=O)OCC1c2ccccc2-c2ccccc21. The molecule has 2 atom stereocenters. The summed E-state index contributed by atoms with van der Waals surface area (Å²) in [5.41, 5.74) is 11.9. The van der Waals surface area contributed by atoms with Crippen LogP contribution in [0.15, 0.2) is 102 Å². The average Bonchev–Trinajstić information content (AvgIpc) is 3.30. The van der Waals surface area contributed by atoms with Crippen molar-refractivity contribution in [1.82, 2.24) is 0 Å². The summed E-state index contributed by atoms with van der Waals surface area (Å²) >= 11 is 0. The van der Waals surface area contributed by atoms with Crippen molar-refractivity contribution in [3.63, 3.8) is 0 Å². The summed E-state index contributed by atoms with van der Waals surface area (Å²) in [6.45, 7) is 3.65. The molecular formula is C33H31NO7S. The summed E-state index contributed by atoms with van der Waals surface area (Å²) in [7, 11) is -4.07. The van der Waals surface area contributed by atoms with Gasteiger partial charge in [-0.1, -0.05) is 78.4 Å². The Hall–Kier alpha value is -4.47. The number of esters is 2. The summed E-state index contributed by atoms with van der Waals surface area (Å²) in [6, 6.07) is 26.6. The van der Waals surface area contributed by atoms with Gasteiger partial charge in [-0.25, -0.2) is 0 Å². The van der Waals surface area contributed by atoms with Crippen LogP contribution in [0.3, 0.4) is 0 Å². The van der Waals surface area contributed by atoms with E-state index in [1.807, 2.05) is 55.5 Å². The molecule has 0 saturated heterocycles. The Morgan fingerprint density at radius 2 is 1.36 bits per heavy atom. The predicted octanol–water partition coefficient (Wildman–Crippen LogP) is 5.09. The second-order valence-electron chi connectivity index (χ2n) is 10.0. The highest BCUT2D eigenvalue weighted by Gasteiger charge is 2.36. The average molecular weight is 586 g/mol. The second kappa shape index (κ2) is 12.2. The van der Waals surface area contributed by atoms with Crippen LogP contribution in [0.1, 0.15) is 41.0 Å². The Balaban J connectivity index is 1.32. The van der Waals surface area contributed by atoms with Crippen LogP contribution >= 0.6 is 0 Å². The Morgan fingerprint density at radius 1 is 0.786 bits per heavy atom. The number of ether oxygens (including phenoxy) is 2. The largest absolute Gasteiger partial charge is 0.465 e. The zero-order valence-electron chi connectivity index (χ0n) is 23.2. The van der Waals surface area contributed by atoms with Crippen LogP contribution in [0.25, 0.3) is 11.1 Å². The number of carbonyl (C=O) groups excluding carboxylic acids is 2. The monoisotopic (exact) mass is 585 g/mol. The molecule has 8 nitrogen and oxygen atoms in total. The van der Waals surface area contributed by atoms with Gasteiger partial charge in [0.1, 0.15) is 29.2 Å². The third kappa shape index (κ3) is 5.93. The highest BCUT2D eigenvalue weighted by atomic mass is 32.2. The predicted molar refractivity (Wildman–Crippen MR) is 157 cm³/mol. The van der Waals surface area contributed by atoms with E-state index in [9.17, 15) is 18.0 Å². The lowest BCUT2D eigenvalue weighted by Crippen LogP contribution is -2.42. The molecule has 0 bridgehead atoms. The van der Waals surface area contributed by atoms with E-state index in [0.717, 1.165) is 27.8 Å². The van der Waals surface area contributed by atoms with Gasteiger partial charge >= 0.3 is 22.1 Å². The molecule has 0 amide bonds. The van der Waals surface area contributed by atoms with Crippen LogP contribution in [0.5, 0.6) is 5.75 Å². The lowest BCUT2D eigenvalue weighted by Gasteiger charge is -2.23. The van der Waals surface area contributed by atoms with Crippen LogP contribution < -0.4 is 9.92 Å². The molecular weight excluding hydrogens is 554 g/mol. The van der Waals surface area contributed by atoms with Crippen molar-refractivity contribution in [2.75, 3.05) is 13.2 Å². The first kappa shape index (κ1) is 29.0. The summed E-state index contributed by atoms with van der Waals surface area (Å²) in [6.07, 6.45) is 0. The third-order valence-electron chi connectivity index (χ3n) is 7.28. The first-order valence-corrected chi connectivity index (χ1v) is 15.0. The van der Waals surface area contributed by atoms with Gasteiger partial charge in [-0.3, -0.25) is 9.59 Å². The molecule has 1 aliphatic carbocycles. The molecule has 5 rings (SSSR count). The summed E-state index contributed by atoms with van der Waals surface area (Å²) in [5.74, 6) is -2.75. The van der Waals surface area contributed by atoms with Gasteiger partial charge in [-0.05, 0) is 65.9 Å². The number of aryl methyl sites for hydroxylation is 1. The first-order chi connectivity index (χ1) is 20.2. The molecule has 42 heavy (non-hydrogen) atoms. The zero-order valence-corrected chi connectivity index (χ0v) is 24.0. The van der Waals surface area contributed by atoms with E-state index in [1.165, 1.54) is 36.4 Å². The third-order valence-corrected chi connectivity index (χ3v) is 8.54. The molecule has 4 aromatic carbocycles. The normalized spacial score (nSPS) is 13.9. The highest BCUT2D eigenvalue weighted by Crippen LogP contribution is 2.44. The lowest BCUT2D eigenvalue weighted by molar-refractivity contribution is -0.153. The fourth-order valence-corrected chi connectivity index (χ4v) is 6.10. The molecule has 2 N–H and O–H groups in total. The van der Waals surface area contributed by atoms with Crippen LogP contribution in [0.4, 0.5) is 0 Å². The molecule has 0 spiro atoms. The van der Waals surface area contributed by atoms with E-state index in [1.54, 1.807) is 19.1 Å². The van der Waals surface area contributed by atoms with Gasteiger partial charge in [-0.2, -0.15) is 8.42 Å². The first-order valence-electron chi connectivity index (χ1n) is 13.6. The van der Waals surface area contributed by atoms with Gasteiger partial charge in [0.15, 0.2) is 0 Å². The van der Waals surface area contributed by atoms with Crippen LogP contribution in [0.2, 0.25) is 0 Å². The molecule has 216 valence electrons. The minimum Gasteiger partial charge on any atom is -0.465 e. The van der Waals surface area contributed by atoms with Crippen molar-refractivity contribution in [2.45, 2.75) is 36.6 Å². The van der Waals surface area contributed by atoms with Gasteiger partial charge in [0.25, 0.3) is 0 Å². The fourth-order valence-electron chi connectivity index (χ4n) is 5.17. The molecule has 0 aliphatic heterocycles. The number of rotatable bonds is 10. The quantitative estimate of drug-likeness (QED) is 0.202. The molecule has 1 aliphatic rings. The van der Waals surface area contributed by atoms with E-state index in [4.69, 9.17) is 19.4 Å². The number of hydrogen-bond acceptors (Lipinski definition) is 8. The summed E-state index contributed by atoms with van der Waals surface area (Å²) < 4.78 is 41.6. The number of benzene rings is 4. The number of hydrogen-bond donors (Lipinski definition) is 1. The van der Waals surface area contributed by atoms with E-state index in [-0.39, 0.29) is 29.8 Å². The fraction of sp³-hybridized carbons (Fsp3) is 0.212. The van der Waals surface area contributed by atoms with E-state index in [0.29, 0.717) is 5.56 Å². The Morgan fingerprint density at radius 3 is 1.93 bits per heavy atom. The van der Waals surface area contributed by atoms with Gasteiger partial charge in [0, 0.05) is 5.92 Å². The Labute approximate surface area is 245 Å². The molecule has 0 aromatic heterocycles. The van der Waals surface area contributed by atoms with E-state index >= 15 is 0 Å². The van der Waals surface area contributed by atoms with Crippen molar-refractivity contribution in [1.29, 1.82) is 0 Å². The van der Waals surface area contributed by atoms with Crippen LogP contribution in [-0.2, 0) is 29.2 Å². The Bertz CT molecular complexity index is 1650. The molecule has 2 unspecified atom stereocenters. The molecule has 4 aromatic rings. The smallest absolute Gasteiger partial charge is 0.339 e. The topological polar surface area (TPSA) is 122 Å². The summed E-state index contributed by atoms with van der Waals surface area (Å²) in [4.78, 5) is 26.2. The van der Waals surface area contributed by atoms with Gasteiger partial charge in [0.05, 0.1) is 6.61 Å². The number of carbonyl (C=O) groups is 2. The van der Waals surface area contributed by atoms with Crippen LogP contribution in [0, 0.1) is 6.92 Å². The van der Waals surface area contributed by atoms with Gasteiger partial charge in [-0.15, -0.1) is 0 Å². The molecule has 0 heterocycles. The van der Waals surface area contributed by atoms with Crippen molar-refractivity contribution in [3.05, 3.63) is 119 Å². The number of fused-ring (bicyclic) bond motifs is 3. The standard InChI is InChI=1S/C33H31NO7S/c1-3-39-32(35)30(22-14-16-23(17-15-22)41-42(37,38)24-18-12-21(2)13-19-24)31(34)33(36)40-20-29-27-10-6-4-8-25(27)26-9-5-7-11-28(26)29/h4-19,29-31H,3,20,34H2,1-2H3. The second-order valence-corrected chi connectivity index (χ2v) is 11.6. The van der Waals surface area contributed by atoms with Gasteiger partial charge in [0.2, 0.25) is 0 Å². The maximum absolute atomic E-state index is 13.2. The zero-order chi connectivity index (χ0) is 29.9. The van der Waals surface area contributed by atoms with Crippen molar-refractivity contribution in [2.24, 2.45) is 5.73 Å². The highest BCUT2D eigenvalue weighted by molar-refractivity contribution is 7.87. The Kier molecular flexibility index (Phi) is 8.42. The molecule has 0 saturated carbocycles. The molecule has 0 radical (unpaired) electrons. The van der Waals surface area contributed by atoms with Crippen molar-refractivity contribution >= 4 is 22.1 Å². The minimum atomic E-state index is -4.07. The van der Waals surface area contributed by atoms with Gasteiger partial charge < -0.3 is 19.4 Å². The van der Waals surface area contributed by atoms with E-state index in [2.05, 4.69) is 0 Å². The van der Waals surface area contributed by atoms with E-state index < -0.39 is 34.0 Å². The lowest BCUT2D eigenvalue weighted by atomic mass is 9.91. The molecule has 9 heteroatoms. The van der Waals surface area contributed by atoms with Crippen LogP contribution in [-0.4, -0.2) is 39.6 Å². The molecule has 0 fully saturated rings.